The van der Waals surface area contributed by atoms with Gasteiger partial charge in [0.05, 0.1) is 4.90 Å². The average Bonchev–Trinajstić information content (AvgIpc) is 2.83. The zero-order valence-electron chi connectivity index (χ0n) is 21.3. The molecule has 1 N–H and O–H groups in total. The molecule has 0 unspecified atom stereocenters. The van der Waals surface area contributed by atoms with Gasteiger partial charge in [-0.15, -0.1) is 0 Å². The molecule has 2 aliphatic rings. The minimum atomic E-state index is -3.56. The molecule has 2 aromatic rings. The van der Waals surface area contributed by atoms with Gasteiger partial charge in [-0.05, 0) is 81.8 Å². The Hall–Kier alpha value is -2.22. The Balaban J connectivity index is 1.27. The number of aryl methyl sites for hydroxylation is 3. The van der Waals surface area contributed by atoms with Crippen molar-refractivity contribution in [3.8, 4) is 0 Å². The summed E-state index contributed by atoms with van der Waals surface area (Å²) in [6, 6.07) is 12.4. The van der Waals surface area contributed by atoms with E-state index in [2.05, 4.69) is 34.5 Å². The van der Waals surface area contributed by atoms with Crippen molar-refractivity contribution in [2.45, 2.75) is 70.9 Å². The zero-order valence-corrected chi connectivity index (χ0v) is 22.2. The summed E-state index contributed by atoms with van der Waals surface area (Å²) in [6.07, 6.45) is 5.02. The molecule has 2 saturated heterocycles. The summed E-state index contributed by atoms with van der Waals surface area (Å²) in [4.78, 5) is 15.7. The van der Waals surface area contributed by atoms with Gasteiger partial charge in [-0.3, -0.25) is 9.69 Å². The fourth-order valence-electron chi connectivity index (χ4n) is 5.53. The number of carbonyl (C=O) groups is 1. The number of benzene rings is 2. The quantitative estimate of drug-likeness (QED) is 0.619. The van der Waals surface area contributed by atoms with Gasteiger partial charge in [0, 0.05) is 32.1 Å². The second-order valence-electron chi connectivity index (χ2n) is 10.3. The fourth-order valence-corrected chi connectivity index (χ4v) is 7.41. The van der Waals surface area contributed by atoms with Crippen molar-refractivity contribution in [3.05, 3.63) is 64.2 Å². The van der Waals surface area contributed by atoms with Crippen LogP contribution in [0.4, 0.5) is 0 Å². The molecule has 2 aliphatic heterocycles. The predicted octanol–water partition coefficient (Wildman–Crippen LogP) is 4.31. The molecule has 0 bridgehead atoms. The molecule has 4 rings (SSSR count). The Bertz CT molecular complexity index is 1110. The van der Waals surface area contributed by atoms with E-state index in [1.807, 2.05) is 32.9 Å². The Morgan fingerprint density at radius 1 is 0.886 bits per heavy atom. The van der Waals surface area contributed by atoms with Crippen LogP contribution in [-0.2, 0) is 27.9 Å². The highest BCUT2D eigenvalue weighted by atomic mass is 32.2. The predicted molar refractivity (Wildman–Crippen MR) is 140 cm³/mol. The Kier molecular flexibility index (Phi) is 8.30. The lowest BCUT2D eigenvalue weighted by molar-refractivity contribution is -0.126. The van der Waals surface area contributed by atoms with Gasteiger partial charge in [0.25, 0.3) is 0 Å². The molecule has 35 heavy (non-hydrogen) atoms. The molecule has 0 radical (unpaired) electrons. The van der Waals surface area contributed by atoms with Crippen molar-refractivity contribution in [2.75, 3.05) is 26.2 Å². The lowest BCUT2D eigenvalue weighted by Gasteiger charge is -2.31. The van der Waals surface area contributed by atoms with Crippen molar-refractivity contribution in [1.82, 2.24) is 14.5 Å². The molecule has 0 atom stereocenters. The van der Waals surface area contributed by atoms with Crippen LogP contribution in [0, 0.1) is 26.7 Å². The van der Waals surface area contributed by atoms with Gasteiger partial charge in [-0.2, -0.15) is 4.31 Å². The van der Waals surface area contributed by atoms with Crippen LogP contribution >= 0.6 is 0 Å². The maximum atomic E-state index is 13.3. The van der Waals surface area contributed by atoms with Gasteiger partial charge >= 0.3 is 0 Å². The highest BCUT2D eigenvalue weighted by Gasteiger charge is 2.33. The first-order valence-electron chi connectivity index (χ1n) is 12.9. The molecule has 0 saturated carbocycles. The van der Waals surface area contributed by atoms with E-state index in [1.54, 1.807) is 4.31 Å². The molecule has 2 aromatic carbocycles. The van der Waals surface area contributed by atoms with E-state index in [-0.39, 0.29) is 11.8 Å². The summed E-state index contributed by atoms with van der Waals surface area (Å²) >= 11 is 0. The van der Waals surface area contributed by atoms with Crippen LogP contribution in [0.25, 0.3) is 0 Å². The normalized spacial score (nSPS) is 18.5. The van der Waals surface area contributed by atoms with Gasteiger partial charge in [0.15, 0.2) is 0 Å². The van der Waals surface area contributed by atoms with Crippen molar-refractivity contribution < 1.29 is 13.2 Å². The second kappa shape index (κ2) is 11.2. The molecule has 0 aliphatic carbocycles. The molecule has 2 heterocycles. The molecule has 6 nitrogen and oxygen atoms in total. The molecule has 0 spiro atoms. The van der Waals surface area contributed by atoms with E-state index in [9.17, 15) is 13.2 Å². The number of likely N-dealkylation sites (tertiary alicyclic amines) is 1. The van der Waals surface area contributed by atoms with Crippen LogP contribution in [0.1, 0.15) is 59.9 Å². The summed E-state index contributed by atoms with van der Waals surface area (Å²) < 4.78 is 28.2. The SMILES string of the molecule is Cc1cc(C)c(S(=O)(=O)N2CCC(C(=O)NCc3ccc(CN4CCCCC4)cc3)CC2)c(C)c1. The van der Waals surface area contributed by atoms with Crippen molar-refractivity contribution >= 4 is 15.9 Å². The first-order valence-corrected chi connectivity index (χ1v) is 14.3. The van der Waals surface area contributed by atoms with Crippen molar-refractivity contribution in [2.24, 2.45) is 5.92 Å². The first kappa shape index (κ1) is 25.9. The highest BCUT2D eigenvalue weighted by Crippen LogP contribution is 2.29. The third-order valence-corrected chi connectivity index (χ3v) is 9.58. The van der Waals surface area contributed by atoms with E-state index in [1.165, 1.54) is 37.9 Å². The van der Waals surface area contributed by atoms with E-state index in [0.29, 0.717) is 37.4 Å². The molecule has 2 fully saturated rings. The Morgan fingerprint density at radius 2 is 1.46 bits per heavy atom. The van der Waals surface area contributed by atoms with Gasteiger partial charge in [-0.1, -0.05) is 48.4 Å². The molecule has 1 amide bonds. The van der Waals surface area contributed by atoms with Crippen LogP contribution in [0.5, 0.6) is 0 Å². The summed E-state index contributed by atoms with van der Waals surface area (Å²) in [5.74, 6) is -0.137. The molecule has 0 aromatic heterocycles. The fraction of sp³-hybridized carbons (Fsp3) is 0.536. The van der Waals surface area contributed by atoms with E-state index >= 15 is 0 Å². The van der Waals surface area contributed by atoms with Crippen LogP contribution in [-0.4, -0.2) is 49.7 Å². The minimum absolute atomic E-state index is 0.0159. The third-order valence-electron chi connectivity index (χ3n) is 7.37. The van der Waals surface area contributed by atoms with E-state index in [0.717, 1.165) is 28.8 Å². The average molecular weight is 498 g/mol. The molecule has 190 valence electrons. The topological polar surface area (TPSA) is 69.7 Å². The molecule has 7 heteroatoms. The second-order valence-corrected chi connectivity index (χ2v) is 12.2. The summed E-state index contributed by atoms with van der Waals surface area (Å²) in [6.45, 7) is 10.3. The van der Waals surface area contributed by atoms with Gasteiger partial charge in [-0.25, -0.2) is 8.42 Å². The summed E-state index contributed by atoms with van der Waals surface area (Å²) in [5, 5.41) is 3.06. The number of rotatable bonds is 7. The van der Waals surface area contributed by atoms with Crippen molar-refractivity contribution in [1.29, 1.82) is 0 Å². The van der Waals surface area contributed by atoms with Gasteiger partial charge in [0.2, 0.25) is 15.9 Å². The lowest BCUT2D eigenvalue weighted by atomic mass is 9.97. The van der Waals surface area contributed by atoms with Crippen LogP contribution < -0.4 is 5.32 Å². The van der Waals surface area contributed by atoms with Crippen LogP contribution in [0.2, 0.25) is 0 Å². The zero-order chi connectivity index (χ0) is 25.0. The van der Waals surface area contributed by atoms with E-state index < -0.39 is 10.0 Å². The lowest BCUT2D eigenvalue weighted by Crippen LogP contribution is -2.43. The largest absolute Gasteiger partial charge is 0.352 e. The number of hydrogen-bond donors (Lipinski definition) is 1. The summed E-state index contributed by atoms with van der Waals surface area (Å²) in [5.41, 5.74) is 5.03. The number of amides is 1. The van der Waals surface area contributed by atoms with Crippen molar-refractivity contribution in [3.63, 3.8) is 0 Å². The van der Waals surface area contributed by atoms with Gasteiger partial charge < -0.3 is 5.32 Å². The van der Waals surface area contributed by atoms with E-state index in [4.69, 9.17) is 0 Å². The molecular weight excluding hydrogens is 458 g/mol. The number of sulfonamides is 1. The number of piperidine rings is 2. The monoisotopic (exact) mass is 497 g/mol. The smallest absolute Gasteiger partial charge is 0.243 e. The maximum absolute atomic E-state index is 13.3. The maximum Gasteiger partial charge on any atom is 0.243 e. The number of nitrogens with zero attached hydrogens (tertiary/aromatic N) is 2. The van der Waals surface area contributed by atoms with Crippen LogP contribution in [0.15, 0.2) is 41.3 Å². The highest BCUT2D eigenvalue weighted by molar-refractivity contribution is 7.89. The van der Waals surface area contributed by atoms with Crippen LogP contribution in [0.3, 0.4) is 0 Å². The number of carbonyl (C=O) groups excluding carboxylic acids is 1. The standard InChI is InChI=1S/C28H39N3O3S/c1-21-17-22(2)27(23(3)18-21)35(33,34)31-15-11-26(12-16-31)28(32)29-19-24-7-9-25(10-8-24)20-30-13-5-4-6-14-30/h7-10,17-18,26H,4-6,11-16,19-20H2,1-3H3,(H,29,32). The Labute approximate surface area is 210 Å². The minimum Gasteiger partial charge on any atom is -0.352 e. The molecular formula is C28H39N3O3S. The number of nitrogens with one attached hydrogen (secondary N) is 1. The third kappa shape index (κ3) is 6.32. The number of hydrogen-bond acceptors (Lipinski definition) is 4. The Morgan fingerprint density at radius 3 is 2.06 bits per heavy atom. The summed E-state index contributed by atoms with van der Waals surface area (Å²) in [7, 11) is -3.56. The van der Waals surface area contributed by atoms with Gasteiger partial charge in [0.1, 0.15) is 0 Å². The first-order chi connectivity index (χ1) is 16.7.